The van der Waals surface area contributed by atoms with Gasteiger partial charge in [0.2, 0.25) is 0 Å². The van der Waals surface area contributed by atoms with E-state index in [9.17, 15) is 9.90 Å². The minimum absolute atomic E-state index is 0.172. The van der Waals surface area contributed by atoms with Crippen LogP contribution in [-0.2, 0) is 11.2 Å². The maximum atomic E-state index is 10.5. The Hall–Kier alpha value is -1.51. The van der Waals surface area contributed by atoms with Crippen LogP contribution < -0.4 is 4.74 Å². The van der Waals surface area contributed by atoms with Gasteiger partial charge in [-0.05, 0) is 24.5 Å². The average Bonchev–Trinajstić information content (AvgIpc) is 2.16. The first kappa shape index (κ1) is 8.10. The van der Waals surface area contributed by atoms with Crippen molar-refractivity contribution in [1.29, 1.82) is 0 Å². The minimum atomic E-state index is -0.353. The lowest BCUT2D eigenvalue weighted by Gasteiger charge is -2.21. The molecule has 0 fully saturated rings. The molecule has 3 nitrogen and oxygen atoms in total. The lowest BCUT2D eigenvalue weighted by Crippen LogP contribution is -2.23. The molecule has 1 unspecified atom stereocenters. The summed E-state index contributed by atoms with van der Waals surface area (Å²) in [5.41, 5.74) is 1.05. The van der Waals surface area contributed by atoms with Gasteiger partial charge in [-0.15, -0.1) is 0 Å². The van der Waals surface area contributed by atoms with Gasteiger partial charge in [-0.1, -0.05) is 6.07 Å². The molecule has 0 radical (unpaired) electrons. The van der Waals surface area contributed by atoms with Crippen molar-refractivity contribution >= 4 is 6.29 Å². The summed E-state index contributed by atoms with van der Waals surface area (Å²) in [6.07, 6.45) is 2.00. The molecular weight excluding hydrogens is 168 g/mol. The summed E-state index contributed by atoms with van der Waals surface area (Å²) in [7, 11) is 0. The first-order chi connectivity index (χ1) is 6.29. The highest BCUT2D eigenvalue weighted by Gasteiger charge is 2.18. The second kappa shape index (κ2) is 3.09. The van der Waals surface area contributed by atoms with Crippen molar-refractivity contribution in [2.24, 2.45) is 0 Å². The number of fused-ring (bicyclic) bond motifs is 1. The maximum absolute atomic E-state index is 10.5. The summed E-state index contributed by atoms with van der Waals surface area (Å²) in [6, 6.07) is 5.00. The average molecular weight is 178 g/mol. The molecule has 1 heterocycles. The molecule has 1 aromatic carbocycles. The second-order valence-corrected chi connectivity index (χ2v) is 3.12. The quantitative estimate of drug-likeness (QED) is 0.659. The van der Waals surface area contributed by atoms with Crippen LogP contribution in [0.3, 0.4) is 0 Å². The van der Waals surface area contributed by atoms with Crippen molar-refractivity contribution in [2.75, 3.05) is 0 Å². The fourth-order valence-corrected chi connectivity index (χ4v) is 1.48. The van der Waals surface area contributed by atoms with E-state index >= 15 is 0 Å². The van der Waals surface area contributed by atoms with Crippen molar-refractivity contribution in [1.82, 2.24) is 0 Å². The first-order valence-corrected chi connectivity index (χ1v) is 4.23. The lowest BCUT2D eigenvalue weighted by atomic mass is 10.0. The molecule has 1 N–H and O–H groups in total. The predicted molar refractivity (Wildman–Crippen MR) is 46.9 cm³/mol. The zero-order valence-corrected chi connectivity index (χ0v) is 7.06. The molecule has 0 bridgehead atoms. The van der Waals surface area contributed by atoms with Crippen molar-refractivity contribution in [2.45, 2.75) is 18.9 Å². The SMILES string of the molecule is O=CC1CCc2ccc(O)cc2O1. The highest BCUT2D eigenvalue weighted by Crippen LogP contribution is 2.30. The molecule has 2 rings (SSSR count). The first-order valence-electron chi connectivity index (χ1n) is 4.23. The van der Waals surface area contributed by atoms with E-state index < -0.39 is 0 Å². The molecule has 13 heavy (non-hydrogen) atoms. The zero-order valence-electron chi connectivity index (χ0n) is 7.06. The largest absolute Gasteiger partial charge is 0.508 e. The number of aldehydes is 1. The molecule has 0 saturated heterocycles. The van der Waals surface area contributed by atoms with Crippen LogP contribution in [0.5, 0.6) is 11.5 Å². The zero-order chi connectivity index (χ0) is 9.26. The van der Waals surface area contributed by atoms with Crippen molar-refractivity contribution in [3.05, 3.63) is 23.8 Å². The normalized spacial score (nSPS) is 20.2. The number of aromatic hydroxyl groups is 1. The van der Waals surface area contributed by atoms with Gasteiger partial charge < -0.3 is 9.84 Å². The van der Waals surface area contributed by atoms with Crippen LogP contribution in [0, 0.1) is 0 Å². The topological polar surface area (TPSA) is 46.5 Å². The Balaban J connectivity index is 2.32. The van der Waals surface area contributed by atoms with Gasteiger partial charge in [-0.2, -0.15) is 0 Å². The third-order valence-corrected chi connectivity index (χ3v) is 2.18. The van der Waals surface area contributed by atoms with E-state index in [2.05, 4.69) is 0 Å². The molecule has 0 saturated carbocycles. The van der Waals surface area contributed by atoms with Gasteiger partial charge in [0.15, 0.2) is 12.4 Å². The third-order valence-electron chi connectivity index (χ3n) is 2.18. The summed E-state index contributed by atoms with van der Waals surface area (Å²) in [6.45, 7) is 0. The fraction of sp³-hybridized carbons (Fsp3) is 0.300. The highest BCUT2D eigenvalue weighted by atomic mass is 16.5. The molecule has 1 aliphatic rings. The van der Waals surface area contributed by atoms with Crippen LogP contribution >= 0.6 is 0 Å². The Labute approximate surface area is 76.0 Å². The van der Waals surface area contributed by atoms with Crippen LogP contribution in [0.15, 0.2) is 18.2 Å². The minimum Gasteiger partial charge on any atom is -0.508 e. The number of hydrogen-bond acceptors (Lipinski definition) is 3. The van der Waals surface area contributed by atoms with Crippen LogP contribution in [0.25, 0.3) is 0 Å². The van der Waals surface area contributed by atoms with E-state index in [4.69, 9.17) is 4.74 Å². The number of carbonyl (C=O) groups is 1. The number of ether oxygens (including phenoxy) is 1. The predicted octanol–water partition coefficient (Wildman–Crippen LogP) is 1.28. The number of aryl methyl sites for hydroxylation is 1. The van der Waals surface area contributed by atoms with Gasteiger partial charge in [0.1, 0.15) is 11.5 Å². The molecule has 1 aliphatic heterocycles. The van der Waals surface area contributed by atoms with Gasteiger partial charge in [0, 0.05) is 6.07 Å². The molecular formula is C10H10O3. The molecule has 3 heteroatoms. The van der Waals surface area contributed by atoms with Gasteiger partial charge >= 0.3 is 0 Å². The number of rotatable bonds is 1. The van der Waals surface area contributed by atoms with E-state index in [1.54, 1.807) is 12.1 Å². The molecule has 0 spiro atoms. The number of hydrogen-bond donors (Lipinski definition) is 1. The van der Waals surface area contributed by atoms with Crippen LogP contribution in [0.2, 0.25) is 0 Å². The Morgan fingerprint density at radius 2 is 2.38 bits per heavy atom. The maximum Gasteiger partial charge on any atom is 0.160 e. The Kier molecular flexibility index (Phi) is 1.93. The van der Waals surface area contributed by atoms with Crippen LogP contribution in [-0.4, -0.2) is 17.5 Å². The molecule has 0 amide bonds. The van der Waals surface area contributed by atoms with E-state index in [1.807, 2.05) is 6.07 Å². The van der Waals surface area contributed by atoms with E-state index in [1.165, 1.54) is 0 Å². The standard InChI is InChI=1S/C10H10O3/c11-6-9-4-2-7-1-3-8(12)5-10(7)13-9/h1,3,5-6,9,12H,2,4H2. The summed E-state index contributed by atoms with van der Waals surface area (Å²) in [5, 5.41) is 9.18. The van der Waals surface area contributed by atoms with Gasteiger partial charge in [0.05, 0.1) is 0 Å². The highest BCUT2D eigenvalue weighted by molar-refractivity contribution is 5.58. The summed E-state index contributed by atoms with van der Waals surface area (Å²) in [4.78, 5) is 10.5. The number of phenols is 1. The lowest BCUT2D eigenvalue weighted by molar-refractivity contribution is -0.114. The van der Waals surface area contributed by atoms with E-state index in [-0.39, 0.29) is 11.9 Å². The Morgan fingerprint density at radius 1 is 1.54 bits per heavy atom. The van der Waals surface area contributed by atoms with Crippen molar-refractivity contribution in [3.63, 3.8) is 0 Å². The Morgan fingerprint density at radius 3 is 3.15 bits per heavy atom. The van der Waals surface area contributed by atoms with Gasteiger partial charge in [-0.25, -0.2) is 0 Å². The summed E-state index contributed by atoms with van der Waals surface area (Å²) < 4.78 is 5.33. The van der Waals surface area contributed by atoms with Gasteiger partial charge in [0.25, 0.3) is 0 Å². The number of phenolic OH excluding ortho intramolecular Hbond substituents is 1. The van der Waals surface area contributed by atoms with Crippen molar-refractivity contribution < 1.29 is 14.6 Å². The van der Waals surface area contributed by atoms with E-state index in [0.29, 0.717) is 5.75 Å². The molecule has 68 valence electrons. The number of benzene rings is 1. The summed E-state index contributed by atoms with van der Waals surface area (Å²) in [5.74, 6) is 0.800. The van der Waals surface area contributed by atoms with E-state index in [0.717, 1.165) is 24.7 Å². The smallest absolute Gasteiger partial charge is 0.160 e. The number of carbonyl (C=O) groups excluding carboxylic acids is 1. The van der Waals surface area contributed by atoms with Crippen LogP contribution in [0.1, 0.15) is 12.0 Å². The van der Waals surface area contributed by atoms with Crippen molar-refractivity contribution in [3.8, 4) is 11.5 Å². The fourth-order valence-electron chi connectivity index (χ4n) is 1.48. The summed E-state index contributed by atoms with van der Waals surface area (Å²) >= 11 is 0. The molecule has 0 aromatic heterocycles. The molecule has 1 atom stereocenters. The molecule has 1 aromatic rings. The second-order valence-electron chi connectivity index (χ2n) is 3.12. The third kappa shape index (κ3) is 1.49. The Bertz CT molecular complexity index is 333. The molecule has 0 aliphatic carbocycles. The van der Waals surface area contributed by atoms with Gasteiger partial charge in [-0.3, -0.25) is 4.79 Å². The monoisotopic (exact) mass is 178 g/mol. The van der Waals surface area contributed by atoms with Crippen LogP contribution in [0.4, 0.5) is 0 Å².